The summed E-state index contributed by atoms with van der Waals surface area (Å²) >= 11 is 0. The topological polar surface area (TPSA) is 86.3 Å². The molecule has 1 atom stereocenters. The van der Waals surface area contributed by atoms with E-state index in [0.29, 0.717) is 56.4 Å². The van der Waals surface area contributed by atoms with Gasteiger partial charge in [0.05, 0.1) is 33.0 Å². The van der Waals surface area contributed by atoms with Crippen LogP contribution in [0.1, 0.15) is 28.4 Å². The molecule has 1 N–H and O–H groups in total. The number of carbonyl (C=O) groups is 2. The molecular weight excluding hydrogens is 400 g/mol. The zero-order valence-electron chi connectivity index (χ0n) is 17.5. The van der Waals surface area contributed by atoms with Gasteiger partial charge in [-0.2, -0.15) is 0 Å². The van der Waals surface area contributed by atoms with Crippen molar-refractivity contribution in [2.24, 2.45) is 0 Å². The molecule has 1 saturated heterocycles. The molecular formula is C23H26N2O6. The molecule has 0 radical (unpaired) electrons. The molecule has 164 valence electrons. The number of fused-ring (bicyclic) bond motifs is 1. The van der Waals surface area contributed by atoms with E-state index in [9.17, 15) is 9.59 Å². The molecule has 8 heteroatoms. The van der Waals surface area contributed by atoms with E-state index in [4.69, 9.17) is 18.9 Å². The molecule has 2 aliphatic rings. The van der Waals surface area contributed by atoms with Gasteiger partial charge in [0.15, 0.2) is 18.1 Å². The summed E-state index contributed by atoms with van der Waals surface area (Å²) in [5.41, 5.74) is 1.42. The number of nitrogens with one attached hydrogen (secondary N) is 1. The normalized spacial score (nSPS) is 17.8. The maximum atomic E-state index is 12.9. The molecule has 0 unspecified atom stereocenters. The number of amides is 2. The summed E-state index contributed by atoms with van der Waals surface area (Å²) in [4.78, 5) is 26.9. The SMILES string of the molecule is COc1cc(C(=O)N[C@H]2CCOc3ccccc32)ccc1OCC(=O)N1CCOCC1. The van der Waals surface area contributed by atoms with Crippen LogP contribution in [0, 0.1) is 0 Å². The summed E-state index contributed by atoms with van der Waals surface area (Å²) in [7, 11) is 1.50. The van der Waals surface area contributed by atoms with Crippen molar-refractivity contribution < 1.29 is 28.5 Å². The maximum Gasteiger partial charge on any atom is 0.260 e. The quantitative estimate of drug-likeness (QED) is 0.762. The Balaban J connectivity index is 1.40. The zero-order chi connectivity index (χ0) is 21.6. The van der Waals surface area contributed by atoms with Gasteiger partial charge in [0.1, 0.15) is 5.75 Å². The summed E-state index contributed by atoms with van der Waals surface area (Å²) in [6.07, 6.45) is 0.699. The number of carbonyl (C=O) groups excluding carboxylic acids is 2. The van der Waals surface area contributed by atoms with Crippen LogP contribution in [-0.2, 0) is 9.53 Å². The lowest BCUT2D eigenvalue weighted by molar-refractivity contribution is -0.137. The highest BCUT2D eigenvalue weighted by Gasteiger charge is 2.24. The smallest absolute Gasteiger partial charge is 0.260 e. The lowest BCUT2D eigenvalue weighted by atomic mass is 10.00. The van der Waals surface area contributed by atoms with E-state index in [1.54, 1.807) is 23.1 Å². The second kappa shape index (κ2) is 9.70. The summed E-state index contributed by atoms with van der Waals surface area (Å²) in [5.74, 6) is 1.29. The molecule has 0 aliphatic carbocycles. The van der Waals surface area contributed by atoms with Crippen molar-refractivity contribution in [1.29, 1.82) is 0 Å². The number of rotatable bonds is 6. The van der Waals surface area contributed by atoms with Crippen LogP contribution < -0.4 is 19.5 Å². The number of benzene rings is 2. The molecule has 0 bridgehead atoms. The Hall–Kier alpha value is -3.26. The van der Waals surface area contributed by atoms with E-state index in [0.717, 1.165) is 11.3 Å². The molecule has 2 aromatic carbocycles. The van der Waals surface area contributed by atoms with Gasteiger partial charge in [0, 0.05) is 30.6 Å². The van der Waals surface area contributed by atoms with Crippen molar-refractivity contribution in [3.8, 4) is 17.2 Å². The van der Waals surface area contributed by atoms with Gasteiger partial charge in [-0.15, -0.1) is 0 Å². The van der Waals surface area contributed by atoms with Crippen LogP contribution in [0.5, 0.6) is 17.2 Å². The lowest BCUT2D eigenvalue weighted by Crippen LogP contribution is -2.43. The summed E-state index contributed by atoms with van der Waals surface area (Å²) in [6.45, 7) is 2.66. The van der Waals surface area contributed by atoms with E-state index < -0.39 is 0 Å². The first kappa shape index (κ1) is 21.0. The Bertz CT molecular complexity index is 941. The van der Waals surface area contributed by atoms with Gasteiger partial charge in [0.25, 0.3) is 11.8 Å². The van der Waals surface area contributed by atoms with Gasteiger partial charge >= 0.3 is 0 Å². The van der Waals surface area contributed by atoms with Crippen molar-refractivity contribution in [1.82, 2.24) is 10.2 Å². The third-order valence-electron chi connectivity index (χ3n) is 5.40. The fourth-order valence-electron chi connectivity index (χ4n) is 3.71. The monoisotopic (exact) mass is 426 g/mol. The average Bonchev–Trinajstić information content (AvgIpc) is 2.83. The highest BCUT2D eigenvalue weighted by atomic mass is 16.5. The van der Waals surface area contributed by atoms with Crippen molar-refractivity contribution in [3.63, 3.8) is 0 Å². The first-order chi connectivity index (χ1) is 15.2. The molecule has 2 amide bonds. The van der Waals surface area contributed by atoms with Gasteiger partial charge in [-0.25, -0.2) is 0 Å². The zero-order valence-corrected chi connectivity index (χ0v) is 17.5. The summed E-state index contributed by atoms with van der Waals surface area (Å²) in [6, 6.07) is 12.5. The molecule has 2 aliphatic heterocycles. The standard InChI is InChI=1S/C23H26N2O6/c1-28-21-14-16(6-7-20(21)31-15-22(26)25-9-12-29-13-10-25)23(27)24-18-8-11-30-19-5-3-2-4-17(18)19/h2-7,14,18H,8-13,15H2,1H3,(H,24,27)/t18-/m0/s1. The minimum absolute atomic E-state index is 0.0965. The number of methoxy groups -OCH3 is 1. The van der Waals surface area contributed by atoms with Crippen LogP contribution in [0.25, 0.3) is 0 Å². The number of hydrogen-bond donors (Lipinski definition) is 1. The predicted molar refractivity (Wildman–Crippen MR) is 113 cm³/mol. The second-order valence-electron chi connectivity index (χ2n) is 7.35. The van der Waals surface area contributed by atoms with Crippen LogP contribution in [0.4, 0.5) is 0 Å². The van der Waals surface area contributed by atoms with E-state index in [1.807, 2.05) is 24.3 Å². The number of hydrogen-bond acceptors (Lipinski definition) is 6. The largest absolute Gasteiger partial charge is 0.493 e. The fraction of sp³-hybridized carbons (Fsp3) is 0.391. The predicted octanol–water partition coefficient (Wildman–Crippen LogP) is 2.19. The van der Waals surface area contributed by atoms with Crippen LogP contribution in [0.3, 0.4) is 0 Å². The minimum Gasteiger partial charge on any atom is -0.493 e. The average molecular weight is 426 g/mol. The van der Waals surface area contributed by atoms with Gasteiger partial charge in [-0.05, 0) is 24.3 Å². The van der Waals surface area contributed by atoms with Gasteiger partial charge in [-0.1, -0.05) is 18.2 Å². The van der Waals surface area contributed by atoms with Crippen LogP contribution in [-0.4, -0.2) is 63.3 Å². The van der Waals surface area contributed by atoms with Crippen LogP contribution >= 0.6 is 0 Å². The minimum atomic E-state index is -0.212. The molecule has 8 nitrogen and oxygen atoms in total. The fourth-order valence-corrected chi connectivity index (χ4v) is 3.71. The molecule has 4 rings (SSSR count). The van der Waals surface area contributed by atoms with Crippen LogP contribution in [0.2, 0.25) is 0 Å². The van der Waals surface area contributed by atoms with E-state index in [1.165, 1.54) is 7.11 Å². The van der Waals surface area contributed by atoms with Crippen molar-refractivity contribution in [2.75, 3.05) is 46.6 Å². The third-order valence-corrected chi connectivity index (χ3v) is 5.40. The van der Waals surface area contributed by atoms with Crippen molar-refractivity contribution >= 4 is 11.8 Å². The van der Waals surface area contributed by atoms with Gasteiger partial charge in [-0.3, -0.25) is 9.59 Å². The van der Waals surface area contributed by atoms with Crippen molar-refractivity contribution in [2.45, 2.75) is 12.5 Å². The summed E-state index contributed by atoms with van der Waals surface area (Å²) in [5, 5.41) is 3.07. The Morgan fingerprint density at radius 3 is 2.71 bits per heavy atom. The second-order valence-corrected chi connectivity index (χ2v) is 7.35. The molecule has 1 fully saturated rings. The number of nitrogens with zero attached hydrogens (tertiary/aromatic N) is 1. The Morgan fingerprint density at radius 1 is 1.10 bits per heavy atom. The number of morpholine rings is 1. The number of ether oxygens (including phenoxy) is 4. The first-order valence-electron chi connectivity index (χ1n) is 10.3. The summed E-state index contributed by atoms with van der Waals surface area (Å²) < 4.78 is 22.0. The molecule has 31 heavy (non-hydrogen) atoms. The molecule has 0 saturated carbocycles. The van der Waals surface area contributed by atoms with E-state index >= 15 is 0 Å². The number of para-hydroxylation sites is 1. The third kappa shape index (κ3) is 4.91. The maximum absolute atomic E-state index is 12.9. The van der Waals surface area contributed by atoms with E-state index in [2.05, 4.69) is 5.32 Å². The van der Waals surface area contributed by atoms with Gasteiger partial charge in [0.2, 0.25) is 0 Å². The van der Waals surface area contributed by atoms with Gasteiger partial charge < -0.3 is 29.2 Å². The highest BCUT2D eigenvalue weighted by molar-refractivity contribution is 5.95. The van der Waals surface area contributed by atoms with Crippen LogP contribution in [0.15, 0.2) is 42.5 Å². The Morgan fingerprint density at radius 2 is 1.90 bits per heavy atom. The Kier molecular flexibility index (Phi) is 6.57. The molecule has 2 heterocycles. The van der Waals surface area contributed by atoms with E-state index in [-0.39, 0.29) is 24.5 Å². The molecule has 0 spiro atoms. The lowest BCUT2D eigenvalue weighted by Gasteiger charge is -2.27. The molecule has 2 aromatic rings. The molecule has 0 aromatic heterocycles. The first-order valence-corrected chi connectivity index (χ1v) is 10.3. The highest BCUT2D eigenvalue weighted by Crippen LogP contribution is 2.32. The van der Waals surface area contributed by atoms with Crippen molar-refractivity contribution in [3.05, 3.63) is 53.6 Å². The Labute approximate surface area is 181 Å².